The van der Waals surface area contributed by atoms with Gasteiger partial charge in [0.05, 0.1) is 13.7 Å². The Morgan fingerprint density at radius 2 is 2.21 bits per heavy atom. The highest BCUT2D eigenvalue weighted by molar-refractivity contribution is 7.98. The Balaban J connectivity index is 2.75. The van der Waals surface area contributed by atoms with Gasteiger partial charge in [-0.25, -0.2) is 0 Å². The molecule has 108 valence electrons. The van der Waals surface area contributed by atoms with Crippen LogP contribution in [-0.2, 0) is 5.75 Å². The molecule has 19 heavy (non-hydrogen) atoms. The molecule has 0 radical (unpaired) electrons. The SMILES string of the molecule is CCCNC(C)c1ccc(OC)c(CSCCO)c1. The van der Waals surface area contributed by atoms with E-state index in [-0.39, 0.29) is 6.61 Å². The minimum atomic E-state index is 0.223. The zero-order valence-corrected chi connectivity index (χ0v) is 12.9. The topological polar surface area (TPSA) is 41.5 Å². The molecule has 0 aromatic heterocycles. The summed E-state index contributed by atoms with van der Waals surface area (Å²) in [4.78, 5) is 0. The molecule has 0 saturated carbocycles. The van der Waals surface area contributed by atoms with E-state index in [2.05, 4.69) is 31.3 Å². The normalized spacial score (nSPS) is 12.4. The molecule has 0 amide bonds. The van der Waals surface area contributed by atoms with Crippen molar-refractivity contribution in [1.82, 2.24) is 5.32 Å². The summed E-state index contributed by atoms with van der Waals surface area (Å²) in [5, 5.41) is 12.3. The predicted molar refractivity (Wildman–Crippen MR) is 83.0 cm³/mol. The van der Waals surface area contributed by atoms with E-state index in [1.165, 1.54) is 11.1 Å². The van der Waals surface area contributed by atoms with Crippen molar-refractivity contribution in [3.8, 4) is 5.75 Å². The lowest BCUT2D eigenvalue weighted by atomic mass is 10.0. The fraction of sp³-hybridized carbons (Fsp3) is 0.600. The first kappa shape index (κ1) is 16.3. The first-order valence-electron chi connectivity index (χ1n) is 6.81. The Labute approximate surface area is 120 Å². The van der Waals surface area contributed by atoms with Crippen molar-refractivity contribution >= 4 is 11.8 Å². The van der Waals surface area contributed by atoms with Gasteiger partial charge in [-0.15, -0.1) is 0 Å². The lowest BCUT2D eigenvalue weighted by molar-refractivity contribution is 0.322. The molecule has 0 heterocycles. The maximum absolute atomic E-state index is 8.85. The zero-order chi connectivity index (χ0) is 14.1. The molecule has 0 spiro atoms. The number of benzene rings is 1. The summed E-state index contributed by atoms with van der Waals surface area (Å²) in [6, 6.07) is 6.71. The van der Waals surface area contributed by atoms with Crippen LogP contribution in [0.1, 0.15) is 37.4 Å². The predicted octanol–water partition coefficient (Wildman–Crippen LogP) is 2.98. The van der Waals surface area contributed by atoms with Crippen molar-refractivity contribution in [3.63, 3.8) is 0 Å². The number of hydrogen-bond donors (Lipinski definition) is 2. The third kappa shape index (κ3) is 5.43. The highest BCUT2D eigenvalue weighted by atomic mass is 32.2. The van der Waals surface area contributed by atoms with Gasteiger partial charge in [-0.1, -0.05) is 13.0 Å². The van der Waals surface area contributed by atoms with Crippen molar-refractivity contribution in [2.45, 2.75) is 32.1 Å². The first-order chi connectivity index (χ1) is 9.22. The van der Waals surface area contributed by atoms with Crippen LogP contribution in [0.4, 0.5) is 0 Å². The number of nitrogens with one attached hydrogen (secondary N) is 1. The lowest BCUT2D eigenvalue weighted by Gasteiger charge is -2.16. The Kier molecular flexibility index (Phi) is 7.94. The lowest BCUT2D eigenvalue weighted by Crippen LogP contribution is -2.19. The summed E-state index contributed by atoms with van der Waals surface area (Å²) >= 11 is 1.72. The molecule has 0 bridgehead atoms. The highest BCUT2D eigenvalue weighted by Crippen LogP contribution is 2.26. The molecule has 1 aromatic rings. The average Bonchev–Trinajstić information content (AvgIpc) is 2.44. The molecular formula is C15H25NO2S. The maximum atomic E-state index is 8.85. The number of methoxy groups -OCH3 is 1. The van der Waals surface area contributed by atoms with E-state index < -0.39 is 0 Å². The van der Waals surface area contributed by atoms with Crippen molar-refractivity contribution in [1.29, 1.82) is 0 Å². The van der Waals surface area contributed by atoms with Gasteiger partial charge in [0.1, 0.15) is 5.75 Å². The maximum Gasteiger partial charge on any atom is 0.122 e. The van der Waals surface area contributed by atoms with Gasteiger partial charge in [-0.2, -0.15) is 11.8 Å². The Hall–Kier alpha value is -0.710. The fourth-order valence-corrected chi connectivity index (χ4v) is 2.62. The second-order valence-electron chi connectivity index (χ2n) is 4.52. The molecule has 1 rings (SSSR count). The Bertz CT molecular complexity index is 371. The zero-order valence-electron chi connectivity index (χ0n) is 12.1. The van der Waals surface area contributed by atoms with Crippen LogP contribution in [0.3, 0.4) is 0 Å². The highest BCUT2D eigenvalue weighted by Gasteiger charge is 2.09. The molecule has 0 saturated heterocycles. The summed E-state index contributed by atoms with van der Waals surface area (Å²) in [5.41, 5.74) is 2.48. The average molecular weight is 283 g/mol. The summed E-state index contributed by atoms with van der Waals surface area (Å²) < 4.78 is 5.40. The molecule has 1 aromatic carbocycles. The van der Waals surface area contributed by atoms with Gasteiger partial charge >= 0.3 is 0 Å². The summed E-state index contributed by atoms with van der Waals surface area (Å²) in [5.74, 6) is 2.56. The van der Waals surface area contributed by atoms with Crippen LogP contribution in [0.5, 0.6) is 5.75 Å². The quantitative estimate of drug-likeness (QED) is 0.684. The largest absolute Gasteiger partial charge is 0.496 e. The monoisotopic (exact) mass is 283 g/mol. The van der Waals surface area contributed by atoms with Gasteiger partial charge in [-0.05, 0) is 37.6 Å². The summed E-state index contributed by atoms with van der Waals surface area (Å²) in [7, 11) is 1.70. The van der Waals surface area contributed by atoms with Crippen LogP contribution >= 0.6 is 11.8 Å². The number of hydrogen-bond acceptors (Lipinski definition) is 4. The van der Waals surface area contributed by atoms with Crippen LogP contribution in [0, 0.1) is 0 Å². The van der Waals surface area contributed by atoms with Crippen LogP contribution < -0.4 is 10.1 Å². The molecule has 2 N–H and O–H groups in total. The molecule has 3 nitrogen and oxygen atoms in total. The van der Waals surface area contributed by atoms with Crippen molar-refractivity contribution in [2.24, 2.45) is 0 Å². The van der Waals surface area contributed by atoms with Gasteiger partial charge in [0.15, 0.2) is 0 Å². The van der Waals surface area contributed by atoms with Gasteiger partial charge < -0.3 is 15.2 Å². The number of thioether (sulfide) groups is 1. The van der Waals surface area contributed by atoms with Crippen molar-refractivity contribution < 1.29 is 9.84 Å². The van der Waals surface area contributed by atoms with Crippen LogP contribution in [0.15, 0.2) is 18.2 Å². The molecule has 4 heteroatoms. The second-order valence-corrected chi connectivity index (χ2v) is 5.63. The van der Waals surface area contributed by atoms with Crippen molar-refractivity contribution in [2.75, 3.05) is 26.0 Å². The Morgan fingerprint density at radius 1 is 1.42 bits per heavy atom. The molecule has 0 aliphatic rings. The van der Waals surface area contributed by atoms with Gasteiger partial charge in [0.2, 0.25) is 0 Å². The molecule has 0 aliphatic carbocycles. The van der Waals surface area contributed by atoms with E-state index >= 15 is 0 Å². The second kappa shape index (κ2) is 9.23. The number of ether oxygens (including phenoxy) is 1. The van der Waals surface area contributed by atoms with E-state index in [9.17, 15) is 0 Å². The summed E-state index contributed by atoms with van der Waals surface area (Å²) in [6.07, 6.45) is 1.14. The Morgan fingerprint density at radius 3 is 2.84 bits per heavy atom. The number of rotatable bonds is 9. The smallest absolute Gasteiger partial charge is 0.122 e. The minimum absolute atomic E-state index is 0.223. The van der Waals surface area contributed by atoms with Crippen LogP contribution in [0.25, 0.3) is 0 Å². The first-order valence-corrected chi connectivity index (χ1v) is 7.97. The fourth-order valence-electron chi connectivity index (χ4n) is 1.91. The number of aliphatic hydroxyl groups is 1. The van der Waals surface area contributed by atoms with E-state index in [4.69, 9.17) is 9.84 Å². The van der Waals surface area contributed by atoms with E-state index in [1.807, 2.05) is 6.07 Å². The minimum Gasteiger partial charge on any atom is -0.496 e. The molecule has 0 fully saturated rings. The number of aliphatic hydroxyl groups excluding tert-OH is 1. The standard InChI is InChI=1S/C15H25NO2S/c1-4-7-16-12(2)13-5-6-15(18-3)14(10-13)11-19-9-8-17/h5-6,10,12,16-17H,4,7-9,11H2,1-3H3. The van der Waals surface area contributed by atoms with E-state index in [0.29, 0.717) is 6.04 Å². The molecule has 1 unspecified atom stereocenters. The van der Waals surface area contributed by atoms with E-state index in [0.717, 1.165) is 30.2 Å². The molecule has 0 aliphatic heterocycles. The summed E-state index contributed by atoms with van der Waals surface area (Å²) in [6.45, 7) is 5.61. The third-order valence-corrected chi connectivity index (χ3v) is 3.98. The van der Waals surface area contributed by atoms with Crippen LogP contribution in [0.2, 0.25) is 0 Å². The van der Waals surface area contributed by atoms with Crippen molar-refractivity contribution in [3.05, 3.63) is 29.3 Å². The van der Waals surface area contributed by atoms with E-state index in [1.54, 1.807) is 18.9 Å². The van der Waals surface area contributed by atoms with Gasteiger partial charge in [-0.3, -0.25) is 0 Å². The third-order valence-electron chi connectivity index (χ3n) is 3.00. The molecule has 1 atom stereocenters. The molecular weight excluding hydrogens is 258 g/mol. The van der Waals surface area contributed by atoms with Gasteiger partial charge in [0.25, 0.3) is 0 Å². The van der Waals surface area contributed by atoms with Gasteiger partial charge in [0, 0.05) is 23.1 Å². The van der Waals surface area contributed by atoms with Crippen LogP contribution in [-0.4, -0.2) is 31.1 Å².